The van der Waals surface area contributed by atoms with E-state index in [2.05, 4.69) is 16.7 Å². The van der Waals surface area contributed by atoms with Crippen molar-refractivity contribution in [2.75, 3.05) is 32.8 Å². The summed E-state index contributed by atoms with van der Waals surface area (Å²) in [4.78, 5) is 5.42. The van der Waals surface area contributed by atoms with Crippen molar-refractivity contribution in [3.8, 4) is 0 Å². The van der Waals surface area contributed by atoms with Gasteiger partial charge in [0.05, 0.1) is 6.67 Å². The van der Waals surface area contributed by atoms with Crippen LogP contribution >= 0.6 is 0 Å². The van der Waals surface area contributed by atoms with Gasteiger partial charge in [-0.05, 0) is 38.1 Å². The van der Waals surface area contributed by atoms with Crippen molar-refractivity contribution >= 4 is 0 Å². The van der Waals surface area contributed by atoms with Gasteiger partial charge in [-0.2, -0.15) is 0 Å². The highest BCUT2D eigenvalue weighted by molar-refractivity contribution is 4.73. The summed E-state index contributed by atoms with van der Waals surface area (Å²) >= 11 is 0. The molecule has 2 fully saturated rings. The first kappa shape index (κ1) is 14.3. The van der Waals surface area contributed by atoms with Gasteiger partial charge >= 0.3 is 0 Å². The van der Waals surface area contributed by atoms with Crippen molar-refractivity contribution in [2.24, 2.45) is 5.92 Å². The molecule has 0 amide bonds. The number of hydrogen-bond acceptors (Lipinski definition) is 2. The minimum atomic E-state index is 0.967. The van der Waals surface area contributed by atoms with Gasteiger partial charge in [0.25, 0.3) is 0 Å². The van der Waals surface area contributed by atoms with E-state index >= 15 is 0 Å². The van der Waals surface area contributed by atoms with Crippen LogP contribution in [-0.2, 0) is 0 Å². The van der Waals surface area contributed by atoms with E-state index in [1.165, 1.54) is 90.6 Å². The van der Waals surface area contributed by atoms with E-state index in [9.17, 15) is 0 Å². The van der Waals surface area contributed by atoms with Crippen molar-refractivity contribution in [2.45, 2.75) is 64.7 Å². The second-order valence-electron chi connectivity index (χ2n) is 6.40. The normalized spacial score (nSPS) is 35.5. The minimum absolute atomic E-state index is 0.967. The Balaban J connectivity index is 1.87. The number of hydrogen-bond donors (Lipinski definition) is 0. The lowest BCUT2D eigenvalue weighted by Gasteiger charge is -2.37. The number of rotatable bonds is 2. The van der Waals surface area contributed by atoms with E-state index in [1.807, 2.05) is 0 Å². The van der Waals surface area contributed by atoms with Crippen molar-refractivity contribution in [1.82, 2.24) is 9.80 Å². The summed E-state index contributed by atoms with van der Waals surface area (Å²) in [7, 11) is 0. The fraction of sp³-hybridized carbons (Fsp3) is 1.00. The number of nitrogens with zero attached hydrogens (tertiary/aromatic N) is 2. The van der Waals surface area contributed by atoms with Crippen molar-refractivity contribution in [3.63, 3.8) is 0 Å². The molecule has 106 valence electrons. The van der Waals surface area contributed by atoms with Gasteiger partial charge in [0.15, 0.2) is 0 Å². The van der Waals surface area contributed by atoms with E-state index in [0.29, 0.717) is 0 Å². The first-order valence-electron chi connectivity index (χ1n) is 8.33. The van der Waals surface area contributed by atoms with E-state index in [4.69, 9.17) is 0 Å². The summed E-state index contributed by atoms with van der Waals surface area (Å²) in [6, 6.07) is 0. The highest BCUT2D eigenvalue weighted by Gasteiger charge is 2.20. The summed E-state index contributed by atoms with van der Waals surface area (Å²) in [6.45, 7) is 8.99. The molecule has 0 aromatic carbocycles. The average molecular weight is 252 g/mol. The highest BCUT2D eigenvalue weighted by atomic mass is 15.3. The van der Waals surface area contributed by atoms with Gasteiger partial charge in [-0.25, -0.2) is 0 Å². The van der Waals surface area contributed by atoms with Crippen LogP contribution in [0.1, 0.15) is 64.7 Å². The Bertz CT molecular complexity index is 215. The fourth-order valence-electron chi connectivity index (χ4n) is 3.67. The molecule has 2 aliphatic heterocycles. The molecule has 0 saturated carbocycles. The third kappa shape index (κ3) is 4.89. The van der Waals surface area contributed by atoms with Gasteiger partial charge in [0, 0.05) is 19.6 Å². The highest BCUT2D eigenvalue weighted by Crippen LogP contribution is 2.20. The Labute approximate surface area is 114 Å². The van der Waals surface area contributed by atoms with Gasteiger partial charge in [0.2, 0.25) is 0 Å². The molecule has 0 aliphatic carbocycles. The minimum Gasteiger partial charge on any atom is -0.290 e. The zero-order chi connectivity index (χ0) is 12.6. The van der Waals surface area contributed by atoms with E-state index in [-0.39, 0.29) is 0 Å². The Morgan fingerprint density at radius 1 is 0.833 bits per heavy atom. The lowest BCUT2D eigenvalue weighted by atomic mass is 9.95. The van der Waals surface area contributed by atoms with Crippen LogP contribution in [0.25, 0.3) is 0 Å². The lowest BCUT2D eigenvalue weighted by Crippen LogP contribution is -2.46. The zero-order valence-corrected chi connectivity index (χ0v) is 12.4. The molecule has 0 spiro atoms. The topological polar surface area (TPSA) is 6.48 Å². The molecule has 0 aromatic rings. The van der Waals surface area contributed by atoms with Gasteiger partial charge in [-0.1, -0.05) is 39.0 Å². The summed E-state index contributed by atoms with van der Waals surface area (Å²) in [5.74, 6) is 0.967. The van der Waals surface area contributed by atoms with Crippen LogP contribution in [0.15, 0.2) is 0 Å². The molecular formula is C16H32N2. The Hall–Kier alpha value is -0.0800. The lowest BCUT2D eigenvalue weighted by molar-refractivity contribution is 0.0672. The predicted molar refractivity (Wildman–Crippen MR) is 78.7 cm³/mol. The van der Waals surface area contributed by atoms with Crippen LogP contribution in [0.2, 0.25) is 0 Å². The molecule has 0 aromatic heterocycles. The molecule has 0 radical (unpaired) electrons. The fourth-order valence-corrected chi connectivity index (χ4v) is 3.67. The molecule has 3 atom stereocenters. The van der Waals surface area contributed by atoms with Crippen molar-refractivity contribution in [3.05, 3.63) is 0 Å². The largest absolute Gasteiger partial charge is 0.290 e. The molecule has 2 saturated heterocycles. The molecular weight excluding hydrogens is 220 g/mol. The SMILES string of the molecule is CCCC1CCCCCCCN2CCCN(C1)C2. The summed E-state index contributed by atoms with van der Waals surface area (Å²) < 4.78 is 0. The van der Waals surface area contributed by atoms with E-state index in [1.54, 1.807) is 0 Å². The van der Waals surface area contributed by atoms with Gasteiger partial charge in [-0.15, -0.1) is 0 Å². The van der Waals surface area contributed by atoms with Gasteiger partial charge in [0.1, 0.15) is 0 Å². The standard InChI is InChI=1S/C16H32N2/c1-2-9-16-10-6-4-3-5-7-11-17-12-8-13-18(14-16)15-17/h16H,2-15H2,1H3. The quantitative estimate of drug-likeness (QED) is 0.739. The summed E-state index contributed by atoms with van der Waals surface area (Å²) in [6.07, 6.45) is 13.0. The summed E-state index contributed by atoms with van der Waals surface area (Å²) in [5.41, 5.74) is 0. The maximum Gasteiger partial charge on any atom is 0.0506 e. The van der Waals surface area contributed by atoms with Gasteiger partial charge < -0.3 is 0 Å². The third-order valence-corrected chi connectivity index (χ3v) is 4.65. The molecule has 2 nitrogen and oxygen atoms in total. The molecule has 18 heavy (non-hydrogen) atoms. The molecule has 2 heteroatoms. The Kier molecular flexibility index (Phi) is 6.50. The third-order valence-electron chi connectivity index (χ3n) is 4.65. The van der Waals surface area contributed by atoms with Crippen LogP contribution in [-0.4, -0.2) is 42.6 Å². The second-order valence-corrected chi connectivity index (χ2v) is 6.40. The van der Waals surface area contributed by atoms with Gasteiger partial charge in [-0.3, -0.25) is 9.80 Å². The Morgan fingerprint density at radius 3 is 2.44 bits per heavy atom. The van der Waals surface area contributed by atoms with E-state index in [0.717, 1.165) is 5.92 Å². The average Bonchev–Trinajstić information content (AvgIpc) is 2.37. The second kappa shape index (κ2) is 8.16. The molecule has 2 aliphatic rings. The molecule has 2 rings (SSSR count). The van der Waals surface area contributed by atoms with Crippen LogP contribution in [0.5, 0.6) is 0 Å². The zero-order valence-electron chi connectivity index (χ0n) is 12.4. The molecule has 0 N–H and O–H groups in total. The maximum atomic E-state index is 2.73. The van der Waals surface area contributed by atoms with Crippen LogP contribution in [0.3, 0.4) is 0 Å². The maximum absolute atomic E-state index is 2.73. The first-order chi connectivity index (χ1) is 8.88. The molecule has 3 unspecified atom stereocenters. The number of fused-ring (bicyclic) bond motifs is 2. The van der Waals surface area contributed by atoms with E-state index < -0.39 is 0 Å². The molecule has 2 bridgehead atoms. The predicted octanol–water partition coefficient (Wildman–Crippen LogP) is 3.72. The monoisotopic (exact) mass is 252 g/mol. The Morgan fingerprint density at radius 2 is 1.56 bits per heavy atom. The first-order valence-corrected chi connectivity index (χ1v) is 8.33. The summed E-state index contributed by atoms with van der Waals surface area (Å²) in [5, 5.41) is 0. The van der Waals surface area contributed by atoms with Crippen LogP contribution in [0, 0.1) is 5.92 Å². The van der Waals surface area contributed by atoms with Crippen LogP contribution in [0.4, 0.5) is 0 Å². The smallest absolute Gasteiger partial charge is 0.0506 e. The van der Waals surface area contributed by atoms with Crippen LogP contribution < -0.4 is 0 Å². The molecule has 2 heterocycles. The van der Waals surface area contributed by atoms with Crippen molar-refractivity contribution < 1.29 is 0 Å². The van der Waals surface area contributed by atoms with Crippen molar-refractivity contribution in [1.29, 1.82) is 0 Å².